The number of carbonyl (C=O) groups excluding carboxylic acids is 1. The molecule has 132 valence electrons. The van der Waals surface area contributed by atoms with Crippen molar-refractivity contribution in [3.05, 3.63) is 52.1 Å². The molecule has 0 atom stereocenters. The van der Waals surface area contributed by atoms with Crippen LogP contribution in [0.3, 0.4) is 0 Å². The quantitative estimate of drug-likeness (QED) is 0.526. The van der Waals surface area contributed by atoms with Crippen LogP contribution in [0.2, 0.25) is 0 Å². The number of fused-ring (bicyclic) bond motifs is 1. The summed E-state index contributed by atoms with van der Waals surface area (Å²) in [6.07, 6.45) is 1.46. The molecule has 10 nitrogen and oxygen atoms in total. The number of hydrogen-bond donors (Lipinski definition) is 4. The third-order valence-electron chi connectivity index (χ3n) is 3.37. The van der Waals surface area contributed by atoms with Gasteiger partial charge in [0.1, 0.15) is 0 Å². The highest BCUT2D eigenvalue weighted by atomic mass is 16.4. The van der Waals surface area contributed by atoms with Crippen LogP contribution in [0, 0.1) is 0 Å². The van der Waals surface area contributed by atoms with Crippen LogP contribution in [0.25, 0.3) is 11.2 Å². The number of carbonyl (C=O) groups is 2. The number of amides is 1. The largest absolute Gasteiger partial charge is 0.478 e. The van der Waals surface area contributed by atoms with Crippen molar-refractivity contribution in [3.8, 4) is 0 Å². The summed E-state index contributed by atoms with van der Waals surface area (Å²) in [6.45, 7) is 1.58. The summed E-state index contributed by atoms with van der Waals surface area (Å²) in [6, 6.07) is 6.22. The zero-order valence-electron chi connectivity index (χ0n) is 13.6. The molecular weight excluding hydrogens is 346 g/mol. The fraction of sp³-hybridized carbons (Fsp3) is 0.125. The topological polar surface area (TPSA) is 150 Å². The van der Waals surface area contributed by atoms with E-state index in [1.54, 1.807) is 12.1 Å². The number of anilines is 2. The zero-order chi connectivity index (χ0) is 18.7. The van der Waals surface area contributed by atoms with E-state index in [0.29, 0.717) is 11.4 Å². The molecule has 4 N–H and O–H groups in total. The third kappa shape index (κ3) is 3.80. The molecule has 0 aliphatic rings. The molecule has 2 heterocycles. The number of nitrogens with zero attached hydrogens (tertiary/aromatic N) is 3. The first-order chi connectivity index (χ1) is 12.4. The first-order valence-corrected chi connectivity index (χ1v) is 7.53. The number of H-pyrrole nitrogens is 1. The van der Waals surface area contributed by atoms with Crippen LogP contribution in [0.15, 0.2) is 35.3 Å². The lowest BCUT2D eigenvalue weighted by Crippen LogP contribution is -2.18. The molecule has 0 fully saturated rings. The molecule has 26 heavy (non-hydrogen) atoms. The van der Waals surface area contributed by atoms with Crippen molar-refractivity contribution in [2.75, 3.05) is 10.6 Å². The molecule has 1 amide bonds. The molecule has 0 spiro atoms. The van der Waals surface area contributed by atoms with Gasteiger partial charge in [-0.25, -0.2) is 14.8 Å². The molecule has 0 aliphatic heterocycles. The van der Waals surface area contributed by atoms with Crippen LogP contribution < -0.4 is 16.2 Å². The Morgan fingerprint density at radius 3 is 2.58 bits per heavy atom. The van der Waals surface area contributed by atoms with Gasteiger partial charge in [-0.05, 0) is 24.3 Å². The second-order valence-electron chi connectivity index (χ2n) is 5.37. The maximum absolute atomic E-state index is 12.1. The average molecular weight is 360 g/mol. The van der Waals surface area contributed by atoms with Crippen LogP contribution in [0.4, 0.5) is 11.6 Å². The van der Waals surface area contributed by atoms with Crippen molar-refractivity contribution >= 4 is 34.7 Å². The van der Waals surface area contributed by atoms with Crippen molar-refractivity contribution in [2.24, 2.45) is 0 Å². The molecule has 1 aromatic carbocycles. The first kappa shape index (κ1) is 17.0. The Bertz CT molecular complexity index is 1040. The highest BCUT2D eigenvalue weighted by molar-refractivity contribution is 5.88. The fourth-order valence-corrected chi connectivity index (χ4v) is 2.19. The number of aromatic nitrogens is 4. The standard InChI is InChI=1S/C16H14N6O4/c1-8(23)19-16-21-13-12(14(24)22-16)20-11(7-18-13)6-17-10-4-2-9(3-5-10)15(25)26/h2-5,7,17H,6H2,1H3,(H,25,26)(H2,18,19,21,22,23,24)/i2+1,3+1,4+1,5+1,9+1,10+1. The van der Waals surface area contributed by atoms with Crippen LogP contribution in [0.1, 0.15) is 23.0 Å². The highest BCUT2D eigenvalue weighted by Gasteiger charge is 2.09. The Balaban J connectivity index is 1.78. The third-order valence-corrected chi connectivity index (χ3v) is 3.37. The molecule has 0 aliphatic carbocycles. The minimum atomic E-state index is -0.998. The fourth-order valence-electron chi connectivity index (χ4n) is 2.19. The number of rotatable bonds is 5. The Morgan fingerprint density at radius 2 is 1.92 bits per heavy atom. The smallest absolute Gasteiger partial charge is 0.335 e. The minimum Gasteiger partial charge on any atom is -0.478 e. The van der Waals surface area contributed by atoms with Crippen molar-refractivity contribution in [3.63, 3.8) is 0 Å². The number of aromatic amines is 1. The Hall–Kier alpha value is -3.82. The predicted molar refractivity (Wildman–Crippen MR) is 93.0 cm³/mol. The van der Waals surface area contributed by atoms with Gasteiger partial charge in [0.15, 0.2) is 11.2 Å². The first-order valence-electron chi connectivity index (χ1n) is 7.53. The van der Waals surface area contributed by atoms with Gasteiger partial charge in [-0.1, -0.05) is 0 Å². The molecule has 0 bridgehead atoms. The SMILES string of the molecule is CC(=O)Nc1nc2ncc(CN[13c]3[13cH][13cH][13c](C(=O)O)[13cH][13cH]3)nc2c(=O)[nH]1. The molecule has 10 heteroatoms. The predicted octanol–water partition coefficient (Wildman–Crippen LogP) is 0.982. The maximum Gasteiger partial charge on any atom is 0.335 e. The van der Waals surface area contributed by atoms with Gasteiger partial charge in [0, 0.05) is 12.6 Å². The van der Waals surface area contributed by atoms with Crippen molar-refractivity contribution < 1.29 is 14.7 Å². The molecule has 0 radical (unpaired) electrons. The van der Waals surface area contributed by atoms with E-state index in [4.69, 9.17) is 5.11 Å². The Morgan fingerprint density at radius 1 is 1.19 bits per heavy atom. The lowest BCUT2D eigenvalue weighted by molar-refractivity contribution is -0.114. The van der Waals surface area contributed by atoms with E-state index in [0.717, 1.165) is 0 Å². The van der Waals surface area contributed by atoms with Gasteiger partial charge < -0.3 is 10.4 Å². The van der Waals surface area contributed by atoms with Gasteiger partial charge in [-0.3, -0.25) is 19.9 Å². The van der Waals surface area contributed by atoms with Crippen LogP contribution >= 0.6 is 0 Å². The van der Waals surface area contributed by atoms with E-state index in [-0.39, 0.29) is 35.1 Å². The number of carboxylic acids is 1. The van der Waals surface area contributed by atoms with Crippen LogP contribution in [0.5, 0.6) is 0 Å². The molecule has 0 unspecified atom stereocenters. The normalized spacial score (nSPS) is 10.5. The summed E-state index contributed by atoms with van der Waals surface area (Å²) in [7, 11) is 0. The van der Waals surface area contributed by atoms with Gasteiger partial charge in [0.2, 0.25) is 11.9 Å². The summed E-state index contributed by atoms with van der Waals surface area (Å²) in [5, 5.41) is 14.3. The zero-order valence-corrected chi connectivity index (χ0v) is 13.6. The molecular formula is C16H14N6O4. The number of carboxylic acid groups (broad SMARTS) is 1. The second-order valence-corrected chi connectivity index (χ2v) is 5.37. The van der Waals surface area contributed by atoms with Crippen molar-refractivity contribution in [1.82, 2.24) is 19.9 Å². The lowest BCUT2D eigenvalue weighted by atomic mass is 10.4. The summed E-state index contributed by atoms with van der Waals surface area (Å²) in [5.41, 5.74) is 1.04. The van der Waals surface area contributed by atoms with E-state index in [1.807, 2.05) is 0 Å². The highest BCUT2D eigenvalue weighted by Crippen LogP contribution is 2.11. The molecule has 0 saturated heterocycles. The average Bonchev–Trinajstić information content (AvgIpc) is 2.60. The van der Waals surface area contributed by atoms with Crippen molar-refractivity contribution in [1.29, 1.82) is 0 Å². The summed E-state index contributed by atoms with van der Waals surface area (Å²) in [4.78, 5) is 48.7. The monoisotopic (exact) mass is 360 g/mol. The number of hydrogen-bond acceptors (Lipinski definition) is 7. The second kappa shape index (κ2) is 6.97. The molecule has 2 aromatic heterocycles. The van der Waals surface area contributed by atoms with E-state index in [2.05, 4.69) is 30.6 Å². The van der Waals surface area contributed by atoms with Crippen molar-refractivity contribution in [2.45, 2.75) is 13.5 Å². The molecule has 3 rings (SSSR count). The number of benzene rings is 1. The molecule has 0 saturated carbocycles. The van der Waals surface area contributed by atoms with Gasteiger partial charge in [0.25, 0.3) is 5.56 Å². The summed E-state index contributed by atoms with van der Waals surface area (Å²) < 4.78 is 0. The Kier molecular flexibility index (Phi) is 4.56. The number of aromatic carboxylic acids is 1. The molecule has 3 aromatic rings. The minimum absolute atomic E-state index is 0.00805. The Labute approximate surface area is 146 Å². The lowest BCUT2D eigenvalue weighted by Gasteiger charge is -2.07. The number of nitrogens with one attached hydrogen (secondary N) is 3. The summed E-state index contributed by atoms with van der Waals surface area (Å²) in [5.74, 6) is -1.36. The van der Waals surface area contributed by atoms with Gasteiger partial charge >= 0.3 is 5.97 Å². The van der Waals surface area contributed by atoms with Gasteiger partial charge in [-0.2, -0.15) is 4.98 Å². The van der Waals surface area contributed by atoms with E-state index >= 15 is 0 Å². The van der Waals surface area contributed by atoms with E-state index in [1.165, 1.54) is 25.3 Å². The summed E-state index contributed by atoms with van der Waals surface area (Å²) >= 11 is 0. The van der Waals surface area contributed by atoms with Gasteiger partial charge in [0.05, 0.1) is 24.0 Å². The van der Waals surface area contributed by atoms with E-state index in [9.17, 15) is 14.4 Å². The van der Waals surface area contributed by atoms with E-state index < -0.39 is 11.5 Å². The van der Waals surface area contributed by atoms with Crippen LogP contribution in [-0.4, -0.2) is 36.9 Å². The maximum atomic E-state index is 12.1. The van der Waals surface area contributed by atoms with Gasteiger partial charge in [-0.15, -0.1) is 0 Å². The van der Waals surface area contributed by atoms with Crippen LogP contribution in [-0.2, 0) is 11.3 Å².